The van der Waals surface area contributed by atoms with Crippen molar-refractivity contribution in [2.75, 3.05) is 13.6 Å². The van der Waals surface area contributed by atoms with Crippen molar-refractivity contribution in [1.29, 1.82) is 0 Å². The summed E-state index contributed by atoms with van der Waals surface area (Å²) >= 11 is 3.73. The molecule has 110 valence electrons. The molecule has 0 amide bonds. The molecule has 4 heteroatoms. The first-order valence-corrected chi connectivity index (χ1v) is 8.63. The van der Waals surface area contributed by atoms with Gasteiger partial charge in [0.1, 0.15) is 5.75 Å². The Balaban J connectivity index is 1.84. The van der Waals surface area contributed by atoms with Gasteiger partial charge in [-0.25, -0.2) is 0 Å². The molecule has 1 saturated heterocycles. The van der Waals surface area contributed by atoms with E-state index >= 15 is 0 Å². The molecule has 4 aliphatic rings. The molecule has 1 aromatic rings. The van der Waals surface area contributed by atoms with Gasteiger partial charge in [-0.15, -0.1) is 0 Å². The Kier molecular flexibility index (Phi) is 2.35. The monoisotopic (exact) mass is 347 g/mol. The Bertz CT molecular complexity index is 673. The molecule has 2 heterocycles. The van der Waals surface area contributed by atoms with Gasteiger partial charge in [-0.3, -0.25) is 4.79 Å². The summed E-state index contributed by atoms with van der Waals surface area (Å²) < 4.78 is 7.37. The van der Waals surface area contributed by atoms with Crippen molar-refractivity contribution >= 4 is 21.7 Å². The zero-order chi connectivity index (χ0) is 14.4. The highest BCUT2D eigenvalue weighted by Crippen LogP contribution is 2.62. The summed E-state index contributed by atoms with van der Waals surface area (Å²) in [5.74, 6) is 1.86. The van der Waals surface area contributed by atoms with Crippen molar-refractivity contribution in [1.82, 2.24) is 4.90 Å². The van der Waals surface area contributed by atoms with E-state index in [2.05, 4.69) is 40.0 Å². The van der Waals surface area contributed by atoms with E-state index in [1.54, 1.807) is 0 Å². The van der Waals surface area contributed by atoms with Crippen molar-refractivity contribution in [3.8, 4) is 5.75 Å². The van der Waals surface area contributed by atoms with E-state index in [4.69, 9.17) is 4.74 Å². The number of rotatable bonds is 0. The van der Waals surface area contributed by atoms with Crippen LogP contribution in [0.4, 0.5) is 0 Å². The van der Waals surface area contributed by atoms with Crippen molar-refractivity contribution < 1.29 is 9.53 Å². The number of benzene rings is 1. The van der Waals surface area contributed by atoms with Gasteiger partial charge >= 0.3 is 0 Å². The van der Waals surface area contributed by atoms with Crippen LogP contribution in [0.15, 0.2) is 16.6 Å². The molecule has 1 spiro atoms. The Morgan fingerprint density at radius 1 is 1.43 bits per heavy atom. The van der Waals surface area contributed by atoms with E-state index in [1.165, 1.54) is 15.6 Å². The Labute approximate surface area is 132 Å². The summed E-state index contributed by atoms with van der Waals surface area (Å²) in [6.07, 6.45) is 3.62. The molecular formula is C17H18BrNO2. The fourth-order valence-corrected chi connectivity index (χ4v) is 6.00. The fourth-order valence-electron chi connectivity index (χ4n) is 5.51. The number of hydrogen-bond donors (Lipinski definition) is 0. The molecule has 1 aromatic carbocycles. The lowest BCUT2D eigenvalue weighted by Gasteiger charge is -2.57. The number of hydrogen-bond acceptors (Lipinski definition) is 3. The minimum absolute atomic E-state index is 0.0425. The summed E-state index contributed by atoms with van der Waals surface area (Å²) in [6.45, 7) is 1.07. The molecule has 2 fully saturated rings. The number of ether oxygens (including phenoxy) is 1. The van der Waals surface area contributed by atoms with E-state index in [9.17, 15) is 4.79 Å². The lowest BCUT2D eigenvalue weighted by atomic mass is 9.52. The van der Waals surface area contributed by atoms with Gasteiger partial charge in [0.05, 0.1) is 0 Å². The summed E-state index contributed by atoms with van der Waals surface area (Å²) in [6, 6.07) is 4.69. The molecule has 2 aliphatic carbocycles. The standard InChI is InChI=1S/C17H18BrNO2/c1-19-7-6-17-10-2-4-13(20)16(17)21-14-5-3-11(18)9(15(14)17)8-12(10)19/h3,5,10,12,16H,2,4,6-8H2,1H3. The van der Waals surface area contributed by atoms with Crippen molar-refractivity contribution in [3.05, 3.63) is 27.7 Å². The van der Waals surface area contributed by atoms with Gasteiger partial charge < -0.3 is 9.64 Å². The van der Waals surface area contributed by atoms with Crippen LogP contribution in [0.5, 0.6) is 5.75 Å². The molecule has 4 atom stereocenters. The number of nitrogens with zero attached hydrogens (tertiary/aromatic N) is 1. The van der Waals surface area contributed by atoms with Crippen LogP contribution in [-0.4, -0.2) is 36.4 Å². The normalized spacial score (nSPS) is 39.9. The number of carbonyl (C=O) groups excluding carboxylic acids is 1. The molecule has 5 rings (SSSR count). The second kappa shape index (κ2) is 3.90. The molecule has 1 saturated carbocycles. The second-order valence-electron chi connectivity index (χ2n) is 7.05. The number of halogens is 1. The Morgan fingerprint density at radius 3 is 3.14 bits per heavy atom. The molecule has 0 N–H and O–H groups in total. The van der Waals surface area contributed by atoms with Crippen LogP contribution in [0.25, 0.3) is 0 Å². The van der Waals surface area contributed by atoms with Gasteiger partial charge in [0.2, 0.25) is 0 Å². The highest BCUT2D eigenvalue weighted by atomic mass is 79.9. The lowest BCUT2D eigenvalue weighted by molar-refractivity contribution is -0.138. The summed E-state index contributed by atoms with van der Waals surface area (Å²) in [5, 5.41) is 0. The molecule has 21 heavy (non-hydrogen) atoms. The first-order chi connectivity index (χ1) is 10.1. The third kappa shape index (κ3) is 1.32. The van der Waals surface area contributed by atoms with Gasteiger partial charge in [-0.2, -0.15) is 0 Å². The first-order valence-electron chi connectivity index (χ1n) is 7.84. The smallest absolute Gasteiger partial charge is 0.174 e. The number of Topliss-reactive ketones (excluding diaryl/α,β-unsaturated/α-hetero) is 1. The van der Waals surface area contributed by atoms with E-state index in [0.29, 0.717) is 24.2 Å². The topological polar surface area (TPSA) is 29.5 Å². The van der Waals surface area contributed by atoms with E-state index in [0.717, 1.165) is 31.6 Å². The van der Waals surface area contributed by atoms with Crippen LogP contribution in [0.1, 0.15) is 30.4 Å². The van der Waals surface area contributed by atoms with Gasteiger partial charge in [0.25, 0.3) is 0 Å². The second-order valence-corrected chi connectivity index (χ2v) is 7.91. The SMILES string of the molecule is CN1CCC23c4c5ccc(Br)c4CC1C2CCC(=O)C3O5. The van der Waals surface area contributed by atoms with Crippen LogP contribution in [0, 0.1) is 5.92 Å². The van der Waals surface area contributed by atoms with Crippen molar-refractivity contribution in [2.24, 2.45) is 5.92 Å². The van der Waals surface area contributed by atoms with Gasteiger partial charge in [0, 0.05) is 27.9 Å². The van der Waals surface area contributed by atoms with Gasteiger partial charge in [-0.05, 0) is 56.5 Å². The predicted octanol–water partition coefficient (Wildman–Crippen LogP) is 2.69. The zero-order valence-corrected chi connectivity index (χ0v) is 13.6. The third-order valence-corrected chi connectivity index (χ3v) is 7.12. The number of piperidine rings is 1. The van der Waals surface area contributed by atoms with Crippen LogP contribution in [0.2, 0.25) is 0 Å². The highest BCUT2D eigenvalue weighted by Gasteiger charge is 2.65. The van der Waals surface area contributed by atoms with Crippen LogP contribution in [0.3, 0.4) is 0 Å². The predicted molar refractivity (Wildman–Crippen MR) is 82.7 cm³/mol. The first kappa shape index (κ1) is 12.7. The molecule has 3 nitrogen and oxygen atoms in total. The third-order valence-electron chi connectivity index (χ3n) is 6.37. The van der Waals surface area contributed by atoms with Crippen LogP contribution < -0.4 is 4.74 Å². The summed E-state index contributed by atoms with van der Waals surface area (Å²) in [7, 11) is 2.24. The highest BCUT2D eigenvalue weighted by molar-refractivity contribution is 9.10. The molecule has 4 unspecified atom stereocenters. The quantitative estimate of drug-likeness (QED) is 0.722. The van der Waals surface area contributed by atoms with Gasteiger partial charge in [0.15, 0.2) is 11.9 Å². The van der Waals surface area contributed by atoms with E-state index in [1.807, 2.05) is 0 Å². The summed E-state index contributed by atoms with van der Waals surface area (Å²) in [4.78, 5) is 15.0. The number of ketones is 1. The Hall–Kier alpha value is -0.870. The van der Waals surface area contributed by atoms with Crippen molar-refractivity contribution in [2.45, 2.75) is 43.2 Å². The average molecular weight is 348 g/mol. The number of carbonyl (C=O) groups is 1. The minimum Gasteiger partial charge on any atom is -0.481 e. The molecule has 0 aromatic heterocycles. The molecular weight excluding hydrogens is 330 g/mol. The largest absolute Gasteiger partial charge is 0.481 e. The lowest BCUT2D eigenvalue weighted by Crippen LogP contribution is -2.65. The average Bonchev–Trinajstić information content (AvgIpc) is 2.81. The summed E-state index contributed by atoms with van der Waals surface area (Å²) in [5.41, 5.74) is 2.71. The zero-order valence-electron chi connectivity index (χ0n) is 12.1. The number of likely N-dealkylation sites (N-methyl/N-ethyl adjacent to an activating group) is 1. The van der Waals surface area contributed by atoms with E-state index in [-0.39, 0.29) is 11.5 Å². The fraction of sp³-hybridized carbons (Fsp3) is 0.588. The van der Waals surface area contributed by atoms with Crippen molar-refractivity contribution in [3.63, 3.8) is 0 Å². The minimum atomic E-state index is -0.226. The van der Waals surface area contributed by atoms with E-state index < -0.39 is 0 Å². The maximum absolute atomic E-state index is 12.5. The molecule has 2 aliphatic heterocycles. The van der Waals surface area contributed by atoms with Crippen LogP contribution >= 0.6 is 15.9 Å². The number of likely N-dealkylation sites (tertiary alicyclic amines) is 1. The van der Waals surface area contributed by atoms with Crippen LogP contribution in [-0.2, 0) is 16.6 Å². The van der Waals surface area contributed by atoms with Gasteiger partial charge in [-0.1, -0.05) is 15.9 Å². The Morgan fingerprint density at radius 2 is 2.29 bits per heavy atom. The maximum atomic E-state index is 12.5. The maximum Gasteiger partial charge on any atom is 0.174 e. The molecule has 2 bridgehead atoms. The molecule has 0 radical (unpaired) electrons.